The van der Waals surface area contributed by atoms with Gasteiger partial charge < -0.3 is 15.5 Å². The molecule has 2 aliphatic heterocycles. The summed E-state index contributed by atoms with van der Waals surface area (Å²) >= 11 is 0. The van der Waals surface area contributed by atoms with Crippen LogP contribution in [-0.4, -0.2) is 51.2 Å². The molecule has 90 valence electrons. The number of piperidine rings is 2. The second-order valence-electron chi connectivity index (χ2n) is 4.76. The number of nitrogens with one attached hydrogen (secondary N) is 2. The molecule has 0 radical (unpaired) electrons. The fourth-order valence-electron chi connectivity index (χ4n) is 2.12. The van der Waals surface area contributed by atoms with Crippen LogP contribution in [0.2, 0.25) is 0 Å². The van der Waals surface area contributed by atoms with Gasteiger partial charge in [-0.1, -0.05) is 6.42 Å². The Hall–Kier alpha value is -0.120. The van der Waals surface area contributed by atoms with E-state index in [9.17, 15) is 0 Å². The van der Waals surface area contributed by atoms with E-state index >= 15 is 0 Å². The number of hydrogen-bond acceptors (Lipinski definition) is 3. The number of nitrogens with zero attached hydrogens (tertiary/aromatic N) is 1. The third kappa shape index (κ3) is 6.13. The second kappa shape index (κ2) is 8.08. The highest BCUT2D eigenvalue weighted by Crippen LogP contribution is 2.06. The normalized spacial score (nSPS) is 23.4. The fraction of sp³-hybridized carbons (Fsp3) is 1.00. The van der Waals surface area contributed by atoms with Crippen molar-refractivity contribution in [2.24, 2.45) is 0 Å². The molecule has 0 spiro atoms. The summed E-state index contributed by atoms with van der Waals surface area (Å²) in [5.74, 6) is 0. The van der Waals surface area contributed by atoms with E-state index in [4.69, 9.17) is 0 Å². The minimum absolute atomic E-state index is 0.825. The third-order valence-electron chi connectivity index (χ3n) is 3.25. The molecular weight excluding hydrogens is 186 g/mol. The van der Waals surface area contributed by atoms with Crippen LogP contribution in [-0.2, 0) is 0 Å². The molecule has 0 aromatic rings. The van der Waals surface area contributed by atoms with E-state index in [-0.39, 0.29) is 0 Å². The first-order chi connectivity index (χ1) is 7.30. The molecule has 3 heteroatoms. The molecule has 2 rings (SSSR count). The molecule has 0 aromatic carbocycles. The van der Waals surface area contributed by atoms with Crippen molar-refractivity contribution >= 4 is 0 Å². The summed E-state index contributed by atoms with van der Waals surface area (Å²) in [6, 6.07) is 0.825. The topological polar surface area (TPSA) is 27.3 Å². The van der Waals surface area contributed by atoms with Gasteiger partial charge in [0.25, 0.3) is 0 Å². The second-order valence-corrected chi connectivity index (χ2v) is 4.76. The molecule has 2 N–H and O–H groups in total. The average molecular weight is 213 g/mol. The maximum absolute atomic E-state index is 3.34. The highest BCUT2D eigenvalue weighted by atomic mass is 15.1. The zero-order valence-electron chi connectivity index (χ0n) is 10.4. The van der Waals surface area contributed by atoms with E-state index in [1.54, 1.807) is 0 Å². The van der Waals surface area contributed by atoms with Gasteiger partial charge in [0, 0.05) is 6.04 Å². The van der Waals surface area contributed by atoms with Crippen molar-refractivity contribution in [3.05, 3.63) is 0 Å². The molecule has 0 bridgehead atoms. The first-order valence-corrected chi connectivity index (χ1v) is 6.38. The van der Waals surface area contributed by atoms with Gasteiger partial charge in [0.05, 0.1) is 0 Å². The van der Waals surface area contributed by atoms with E-state index in [1.165, 1.54) is 58.3 Å². The van der Waals surface area contributed by atoms with Crippen LogP contribution in [0.1, 0.15) is 32.1 Å². The lowest BCUT2D eigenvalue weighted by atomic mass is 10.1. The smallest absolute Gasteiger partial charge is 0.0113 e. The maximum Gasteiger partial charge on any atom is 0.0113 e. The molecule has 15 heavy (non-hydrogen) atoms. The van der Waals surface area contributed by atoms with Gasteiger partial charge in [-0.3, -0.25) is 0 Å². The van der Waals surface area contributed by atoms with Crippen molar-refractivity contribution in [1.29, 1.82) is 0 Å². The molecule has 2 aliphatic rings. The zero-order valence-corrected chi connectivity index (χ0v) is 10.4. The number of hydrogen-bond donors (Lipinski definition) is 2. The van der Waals surface area contributed by atoms with Gasteiger partial charge in [-0.25, -0.2) is 0 Å². The number of rotatable bonds is 1. The van der Waals surface area contributed by atoms with Gasteiger partial charge in [-0.2, -0.15) is 0 Å². The summed E-state index contributed by atoms with van der Waals surface area (Å²) in [6.07, 6.45) is 6.84. The van der Waals surface area contributed by atoms with Gasteiger partial charge in [-0.05, 0) is 66.0 Å². The quantitative estimate of drug-likeness (QED) is 0.682. The Bertz CT molecular complexity index is 126. The highest BCUT2D eigenvalue weighted by molar-refractivity contribution is 4.73. The predicted octanol–water partition coefficient (Wildman–Crippen LogP) is 1.06. The molecule has 0 amide bonds. The van der Waals surface area contributed by atoms with E-state index in [0.717, 1.165) is 6.04 Å². The standard InChI is InChI=1S/C7H16N2.C5H11N/c1-9(2)7-3-5-8-6-4-7;1-2-4-6-5-3-1/h7-8H,3-6H2,1-2H3;6H,1-5H2. The Kier molecular flexibility index (Phi) is 6.98. The van der Waals surface area contributed by atoms with Crippen molar-refractivity contribution in [1.82, 2.24) is 15.5 Å². The molecule has 2 fully saturated rings. The van der Waals surface area contributed by atoms with Crippen LogP contribution in [0.4, 0.5) is 0 Å². The van der Waals surface area contributed by atoms with Crippen LogP contribution < -0.4 is 10.6 Å². The van der Waals surface area contributed by atoms with E-state index in [1.807, 2.05) is 0 Å². The summed E-state index contributed by atoms with van der Waals surface area (Å²) in [4.78, 5) is 2.32. The lowest BCUT2D eigenvalue weighted by molar-refractivity contribution is 0.238. The van der Waals surface area contributed by atoms with Crippen molar-refractivity contribution in [2.75, 3.05) is 40.3 Å². The fourth-order valence-corrected chi connectivity index (χ4v) is 2.12. The average Bonchev–Trinajstić information content (AvgIpc) is 2.33. The predicted molar refractivity (Wildman–Crippen MR) is 66.3 cm³/mol. The molecule has 0 aliphatic carbocycles. The van der Waals surface area contributed by atoms with Gasteiger partial charge in [0.2, 0.25) is 0 Å². The Morgan fingerprint density at radius 2 is 1.33 bits per heavy atom. The van der Waals surface area contributed by atoms with E-state index < -0.39 is 0 Å². The SMILES string of the molecule is C1CCNCC1.CN(C)C1CCNCC1. The molecule has 2 saturated heterocycles. The monoisotopic (exact) mass is 213 g/mol. The summed E-state index contributed by atoms with van der Waals surface area (Å²) < 4.78 is 0. The zero-order chi connectivity index (χ0) is 10.9. The van der Waals surface area contributed by atoms with Crippen molar-refractivity contribution < 1.29 is 0 Å². The van der Waals surface area contributed by atoms with Crippen molar-refractivity contribution in [2.45, 2.75) is 38.1 Å². The minimum atomic E-state index is 0.825. The van der Waals surface area contributed by atoms with E-state index in [2.05, 4.69) is 29.6 Å². The van der Waals surface area contributed by atoms with Gasteiger partial charge in [0.15, 0.2) is 0 Å². The van der Waals surface area contributed by atoms with Crippen LogP contribution in [0.25, 0.3) is 0 Å². The maximum atomic E-state index is 3.34. The molecule has 0 unspecified atom stereocenters. The van der Waals surface area contributed by atoms with Crippen LogP contribution in [0.3, 0.4) is 0 Å². The molecule has 3 nitrogen and oxygen atoms in total. The third-order valence-corrected chi connectivity index (χ3v) is 3.25. The molecule has 2 heterocycles. The lowest BCUT2D eigenvalue weighted by Gasteiger charge is -2.28. The van der Waals surface area contributed by atoms with Crippen molar-refractivity contribution in [3.63, 3.8) is 0 Å². The first-order valence-electron chi connectivity index (χ1n) is 6.38. The van der Waals surface area contributed by atoms with Crippen LogP contribution >= 0.6 is 0 Å². The largest absolute Gasteiger partial charge is 0.317 e. The molecular formula is C12H27N3. The summed E-state index contributed by atoms with van der Waals surface area (Å²) in [5.41, 5.74) is 0. The molecule has 0 saturated carbocycles. The first kappa shape index (κ1) is 12.9. The summed E-state index contributed by atoms with van der Waals surface area (Å²) in [5, 5.41) is 6.63. The molecule has 0 aromatic heterocycles. The van der Waals surface area contributed by atoms with Crippen LogP contribution in [0.15, 0.2) is 0 Å². The van der Waals surface area contributed by atoms with Crippen LogP contribution in [0, 0.1) is 0 Å². The molecule has 0 atom stereocenters. The Morgan fingerprint density at radius 3 is 1.60 bits per heavy atom. The van der Waals surface area contributed by atoms with Crippen LogP contribution in [0.5, 0.6) is 0 Å². The Labute approximate surface area is 94.6 Å². The van der Waals surface area contributed by atoms with Gasteiger partial charge >= 0.3 is 0 Å². The Balaban J connectivity index is 0.000000162. The lowest BCUT2D eigenvalue weighted by Crippen LogP contribution is -2.39. The van der Waals surface area contributed by atoms with Gasteiger partial charge in [-0.15, -0.1) is 0 Å². The highest BCUT2D eigenvalue weighted by Gasteiger charge is 2.13. The summed E-state index contributed by atoms with van der Waals surface area (Å²) in [6.45, 7) is 4.89. The van der Waals surface area contributed by atoms with Gasteiger partial charge in [0.1, 0.15) is 0 Å². The summed E-state index contributed by atoms with van der Waals surface area (Å²) in [7, 11) is 4.33. The van der Waals surface area contributed by atoms with E-state index in [0.29, 0.717) is 0 Å². The minimum Gasteiger partial charge on any atom is -0.317 e. The Morgan fingerprint density at radius 1 is 0.800 bits per heavy atom. The van der Waals surface area contributed by atoms with Crippen molar-refractivity contribution in [3.8, 4) is 0 Å².